The predicted octanol–water partition coefficient (Wildman–Crippen LogP) is 4.65. The van der Waals surface area contributed by atoms with Crippen molar-refractivity contribution in [1.29, 1.82) is 0 Å². The Balaban J connectivity index is 1.44. The summed E-state index contributed by atoms with van der Waals surface area (Å²) in [7, 11) is 1.82. The topological polar surface area (TPSA) is 90.0 Å². The van der Waals surface area contributed by atoms with Crippen molar-refractivity contribution in [1.82, 2.24) is 24.3 Å². The van der Waals surface area contributed by atoms with Crippen molar-refractivity contribution < 1.29 is 4.79 Å². The van der Waals surface area contributed by atoms with E-state index in [0.29, 0.717) is 17.2 Å². The number of carbonyl (C=O) groups is 1. The van der Waals surface area contributed by atoms with Crippen molar-refractivity contribution in [3.63, 3.8) is 0 Å². The summed E-state index contributed by atoms with van der Waals surface area (Å²) in [5.41, 5.74) is 5.91. The second kappa shape index (κ2) is 7.49. The first kappa shape index (κ1) is 19.6. The van der Waals surface area contributed by atoms with Crippen LogP contribution >= 0.6 is 11.3 Å². The third kappa shape index (κ3) is 3.25. The highest BCUT2D eigenvalue weighted by atomic mass is 32.1. The first-order valence-electron chi connectivity index (χ1n) is 10.5. The molecule has 0 fully saturated rings. The summed E-state index contributed by atoms with van der Waals surface area (Å²) in [5, 5.41) is 9.59. The number of aryl methyl sites for hydroxylation is 2. The van der Waals surface area contributed by atoms with E-state index < -0.39 is 0 Å². The smallest absolute Gasteiger partial charge is 0.231 e. The lowest BCUT2D eigenvalue weighted by atomic mass is 10.1. The number of aliphatic imine (C=N–C) groups is 1. The van der Waals surface area contributed by atoms with E-state index >= 15 is 0 Å². The van der Waals surface area contributed by atoms with Crippen LogP contribution in [0.3, 0.4) is 0 Å². The predicted molar refractivity (Wildman–Crippen MR) is 130 cm³/mol. The zero-order chi connectivity index (χ0) is 22.5. The normalized spacial score (nSPS) is 13.5. The van der Waals surface area contributed by atoms with Gasteiger partial charge in [-0.05, 0) is 42.1 Å². The molecule has 1 amide bonds. The Morgan fingerprint density at radius 1 is 1.12 bits per heavy atom. The number of amides is 1. The van der Waals surface area contributed by atoms with Crippen LogP contribution in [-0.2, 0) is 11.8 Å². The molecule has 0 saturated carbocycles. The van der Waals surface area contributed by atoms with Gasteiger partial charge in [0, 0.05) is 18.9 Å². The minimum Gasteiger partial charge on any atom is -0.309 e. The second-order valence-electron chi connectivity index (χ2n) is 7.84. The first-order chi connectivity index (χ1) is 16.1. The largest absolute Gasteiger partial charge is 0.309 e. The van der Waals surface area contributed by atoms with E-state index in [0.717, 1.165) is 38.7 Å². The number of aromatic nitrogens is 5. The third-order valence-corrected chi connectivity index (χ3v) is 6.57. The third-order valence-electron chi connectivity index (χ3n) is 5.69. The molecule has 0 radical (unpaired) electrons. The van der Waals surface area contributed by atoms with Gasteiger partial charge < -0.3 is 5.32 Å². The van der Waals surface area contributed by atoms with Crippen LogP contribution in [0.1, 0.15) is 17.8 Å². The van der Waals surface area contributed by atoms with Gasteiger partial charge in [-0.3, -0.25) is 14.3 Å². The lowest BCUT2D eigenvalue weighted by Gasteiger charge is -2.09. The highest BCUT2D eigenvalue weighted by molar-refractivity contribution is 7.13. The summed E-state index contributed by atoms with van der Waals surface area (Å²) in [5.74, 6) is 1.39. The van der Waals surface area contributed by atoms with Crippen molar-refractivity contribution in [2.24, 2.45) is 12.0 Å². The molecule has 9 heteroatoms. The van der Waals surface area contributed by atoms with Crippen molar-refractivity contribution >= 4 is 45.5 Å². The first-order valence-corrected chi connectivity index (χ1v) is 11.3. The standard InChI is InChI=1S/C24H19N7OS/c1-14-26-18-13-25-10-9-19(18)31(14)16-7-5-15(6-8-16)17-12-21(32)28-24-23(27-17)22(29-30(24)2)20-4-3-11-33-20/h3-11,13H,12H2,1-2H3,(H,28,32). The molecule has 0 bridgehead atoms. The number of fused-ring (bicyclic) bond motifs is 2. The number of pyridine rings is 1. The molecule has 1 aromatic carbocycles. The van der Waals surface area contributed by atoms with Crippen molar-refractivity contribution in [3.8, 4) is 16.3 Å². The van der Waals surface area contributed by atoms with Crippen molar-refractivity contribution in [2.75, 3.05) is 5.32 Å². The quantitative estimate of drug-likeness (QED) is 0.430. The highest BCUT2D eigenvalue weighted by Gasteiger charge is 2.25. The van der Waals surface area contributed by atoms with Gasteiger partial charge >= 0.3 is 0 Å². The molecule has 162 valence electrons. The Morgan fingerprint density at radius 3 is 2.76 bits per heavy atom. The van der Waals surface area contributed by atoms with E-state index in [1.165, 1.54) is 0 Å². The maximum atomic E-state index is 12.7. The van der Waals surface area contributed by atoms with Crippen LogP contribution in [0.25, 0.3) is 27.3 Å². The maximum Gasteiger partial charge on any atom is 0.231 e. The number of thiophene rings is 1. The zero-order valence-electron chi connectivity index (χ0n) is 18.0. The van der Waals surface area contributed by atoms with Gasteiger partial charge in [0.25, 0.3) is 0 Å². The number of nitrogens with one attached hydrogen (secondary N) is 1. The molecular weight excluding hydrogens is 434 g/mol. The van der Waals surface area contributed by atoms with Gasteiger partial charge in [-0.25, -0.2) is 14.7 Å². The highest BCUT2D eigenvalue weighted by Crippen LogP contribution is 2.40. The van der Waals surface area contributed by atoms with E-state index in [1.807, 2.05) is 61.8 Å². The molecule has 4 aromatic heterocycles. The summed E-state index contributed by atoms with van der Waals surface area (Å²) >= 11 is 1.60. The Labute approximate surface area is 193 Å². The van der Waals surface area contributed by atoms with Gasteiger partial charge in [0.15, 0.2) is 5.82 Å². The molecule has 33 heavy (non-hydrogen) atoms. The van der Waals surface area contributed by atoms with Crippen LogP contribution in [-0.4, -0.2) is 35.9 Å². The molecule has 0 spiro atoms. The molecule has 0 saturated heterocycles. The molecule has 1 aliphatic heterocycles. The average Bonchev–Trinajstić information content (AvgIpc) is 3.49. The molecule has 0 atom stereocenters. The fourth-order valence-corrected chi connectivity index (χ4v) is 4.90. The Hall–Kier alpha value is -4.11. The van der Waals surface area contributed by atoms with Gasteiger partial charge in [0.05, 0.1) is 28.7 Å². The lowest BCUT2D eigenvalue weighted by molar-refractivity contribution is -0.115. The molecule has 0 unspecified atom stereocenters. The van der Waals surface area contributed by atoms with Crippen molar-refractivity contribution in [2.45, 2.75) is 13.3 Å². The Morgan fingerprint density at radius 2 is 1.97 bits per heavy atom. The molecule has 1 aliphatic rings. The van der Waals surface area contributed by atoms with Gasteiger partial charge in [-0.15, -0.1) is 11.3 Å². The van der Waals surface area contributed by atoms with Gasteiger partial charge in [0.2, 0.25) is 5.91 Å². The van der Waals surface area contributed by atoms with Crippen molar-refractivity contribution in [3.05, 3.63) is 71.6 Å². The molecule has 5 heterocycles. The van der Waals surface area contributed by atoms with Crippen LogP contribution in [0.15, 0.2) is 65.2 Å². The Bertz CT molecular complexity index is 1540. The van der Waals surface area contributed by atoms with E-state index in [4.69, 9.17) is 4.99 Å². The molecule has 0 aliphatic carbocycles. The fraction of sp³-hybridized carbons (Fsp3) is 0.125. The van der Waals surface area contributed by atoms with Crippen LogP contribution in [0.4, 0.5) is 11.5 Å². The molecule has 6 rings (SSSR count). The summed E-state index contributed by atoms with van der Waals surface area (Å²) in [6.45, 7) is 1.98. The number of hydrogen-bond acceptors (Lipinski definition) is 6. The lowest BCUT2D eigenvalue weighted by Crippen LogP contribution is -2.17. The van der Waals surface area contributed by atoms with E-state index in [9.17, 15) is 4.79 Å². The average molecular weight is 454 g/mol. The van der Waals surface area contributed by atoms with E-state index in [-0.39, 0.29) is 12.3 Å². The minimum atomic E-state index is -0.110. The van der Waals surface area contributed by atoms with Gasteiger partial charge in [-0.1, -0.05) is 18.2 Å². The number of hydrogen-bond donors (Lipinski definition) is 1. The zero-order valence-corrected chi connectivity index (χ0v) is 18.8. The SMILES string of the molecule is Cc1nc2cnccc2n1-c1ccc(C2=Nc3c(-c4cccs4)nn(C)c3NC(=O)C2)cc1. The fourth-order valence-electron chi connectivity index (χ4n) is 4.19. The van der Waals surface area contributed by atoms with Gasteiger partial charge in [-0.2, -0.15) is 5.10 Å². The summed E-state index contributed by atoms with van der Waals surface area (Å²) in [6.07, 6.45) is 3.73. The number of rotatable bonds is 3. The minimum absolute atomic E-state index is 0.110. The molecule has 8 nitrogen and oxygen atoms in total. The number of nitrogens with zero attached hydrogens (tertiary/aromatic N) is 6. The number of imidazole rings is 1. The Kier molecular flexibility index (Phi) is 4.44. The molecular formula is C24H19N7OS. The maximum absolute atomic E-state index is 12.7. The second-order valence-corrected chi connectivity index (χ2v) is 8.78. The van der Waals surface area contributed by atoms with Crippen LogP contribution in [0.2, 0.25) is 0 Å². The van der Waals surface area contributed by atoms with Gasteiger partial charge in [0.1, 0.15) is 22.7 Å². The van der Waals surface area contributed by atoms with Crippen LogP contribution in [0.5, 0.6) is 0 Å². The number of anilines is 1. The van der Waals surface area contributed by atoms with Crippen LogP contribution < -0.4 is 5.32 Å². The summed E-state index contributed by atoms with van der Waals surface area (Å²) in [6, 6.07) is 14.0. The van der Waals surface area contributed by atoms with E-state index in [2.05, 4.69) is 25.0 Å². The molecule has 5 aromatic rings. The summed E-state index contributed by atoms with van der Waals surface area (Å²) in [4.78, 5) is 27.4. The van der Waals surface area contributed by atoms with Crippen LogP contribution in [0, 0.1) is 6.92 Å². The summed E-state index contributed by atoms with van der Waals surface area (Å²) < 4.78 is 3.77. The monoisotopic (exact) mass is 453 g/mol. The molecule has 1 N–H and O–H groups in total. The van der Waals surface area contributed by atoms with E-state index in [1.54, 1.807) is 28.4 Å². The number of benzene rings is 1. The number of carbonyl (C=O) groups excluding carboxylic acids is 1.